The van der Waals surface area contributed by atoms with Crippen LogP contribution in [0.1, 0.15) is 41.6 Å². The van der Waals surface area contributed by atoms with Crippen LogP contribution in [0.3, 0.4) is 0 Å². The monoisotopic (exact) mass is 478 g/mol. The molecule has 2 aromatic carbocycles. The molecule has 33 heavy (non-hydrogen) atoms. The Balaban J connectivity index is 1.94. The molecule has 0 aromatic heterocycles. The van der Waals surface area contributed by atoms with E-state index in [4.69, 9.17) is 14.2 Å². The highest BCUT2D eigenvalue weighted by molar-refractivity contribution is 7.89. The average molecular weight is 479 g/mol. The van der Waals surface area contributed by atoms with Gasteiger partial charge in [0.25, 0.3) is 0 Å². The molecule has 0 saturated heterocycles. The molecule has 2 N–H and O–H groups in total. The number of benzene rings is 2. The normalized spacial score (nSPS) is 12.3. The molecule has 0 radical (unpaired) electrons. The van der Waals surface area contributed by atoms with Gasteiger partial charge >= 0.3 is 0 Å². The maximum atomic E-state index is 12.7. The van der Waals surface area contributed by atoms with Crippen LogP contribution in [-0.2, 0) is 19.6 Å². The average Bonchev–Trinajstić information content (AvgIpc) is 2.72. The topological polar surface area (TPSA) is 103 Å². The van der Waals surface area contributed by atoms with Crippen molar-refractivity contribution in [2.24, 2.45) is 0 Å². The summed E-state index contributed by atoms with van der Waals surface area (Å²) in [5, 5.41) is 2.89. The SMILES string of the molecule is COCCOc1ccc(C(C)NC(=O)CCNS(=O)(=O)c2c(C)cc(C)cc2C)cc1OC. The van der Waals surface area contributed by atoms with Gasteiger partial charge in [-0.15, -0.1) is 0 Å². The lowest BCUT2D eigenvalue weighted by Crippen LogP contribution is -2.32. The first-order valence-electron chi connectivity index (χ1n) is 10.8. The van der Waals surface area contributed by atoms with Crippen molar-refractivity contribution in [1.82, 2.24) is 10.0 Å². The van der Waals surface area contributed by atoms with E-state index in [0.29, 0.717) is 35.8 Å². The Hall–Kier alpha value is -2.62. The number of rotatable bonds is 12. The summed E-state index contributed by atoms with van der Waals surface area (Å²) in [6.45, 7) is 8.17. The van der Waals surface area contributed by atoms with Gasteiger partial charge in [-0.1, -0.05) is 23.8 Å². The number of sulfonamides is 1. The summed E-state index contributed by atoms with van der Waals surface area (Å²) in [5.41, 5.74) is 3.21. The molecule has 9 heteroatoms. The summed E-state index contributed by atoms with van der Waals surface area (Å²) < 4.78 is 44.0. The molecule has 0 aliphatic rings. The molecule has 1 amide bonds. The van der Waals surface area contributed by atoms with Crippen molar-refractivity contribution >= 4 is 15.9 Å². The molecule has 0 saturated carbocycles. The molecule has 1 atom stereocenters. The number of nitrogens with one attached hydrogen (secondary N) is 2. The van der Waals surface area contributed by atoms with Crippen LogP contribution in [0.25, 0.3) is 0 Å². The van der Waals surface area contributed by atoms with Gasteiger partial charge in [-0.3, -0.25) is 4.79 Å². The zero-order valence-electron chi connectivity index (χ0n) is 20.2. The van der Waals surface area contributed by atoms with Crippen LogP contribution in [0.5, 0.6) is 11.5 Å². The summed E-state index contributed by atoms with van der Waals surface area (Å²) >= 11 is 0. The molecule has 2 aromatic rings. The van der Waals surface area contributed by atoms with Crippen LogP contribution >= 0.6 is 0 Å². The van der Waals surface area contributed by atoms with E-state index in [2.05, 4.69) is 10.0 Å². The van der Waals surface area contributed by atoms with E-state index < -0.39 is 10.0 Å². The van der Waals surface area contributed by atoms with Gasteiger partial charge < -0.3 is 19.5 Å². The summed E-state index contributed by atoms with van der Waals surface area (Å²) in [7, 11) is -0.556. The van der Waals surface area contributed by atoms with Gasteiger partial charge in [0.05, 0.1) is 24.7 Å². The molecule has 0 aliphatic carbocycles. The lowest BCUT2D eigenvalue weighted by atomic mass is 10.1. The Morgan fingerprint density at radius 2 is 1.67 bits per heavy atom. The largest absolute Gasteiger partial charge is 0.493 e. The lowest BCUT2D eigenvalue weighted by molar-refractivity contribution is -0.121. The predicted octanol–water partition coefficient (Wildman–Crippen LogP) is 3.19. The minimum Gasteiger partial charge on any atom is -0.493 e. The number of hydrogen-bond acceptors (Lipinski definition) is 6. The molecule has 0 bridgehead atoms. The highest BCUT2D eigenvalue weighted by Crippen LogP contribution is 2.30. The van der Waals surface area contributed by atoms with Crippen molar-refractivity contribution in [3.8, 4) is 11.5 Å². The van der Waals surface area contributed by atoms with Crippen LogP contribution in [0, 0.1) is 20.8 Å². The summed E-state index contributed by atoms with van der Waals surface area (Å²) in [6, 6.07) is 8.81. The van der Waals surface area contributed by atoms with Crippen molar-refractivity contribution in [2.75, 3.05) is 34.0 Å². The fraction of sp³-hybridized carbons (Fsp3) is 0.458. The van der Waals surface area contributed by atoms with Gasteiger partial charge in [-0.25, -0.2) is 13.1 Å². The summed E-state index contributed by atoms with van der Waals surface area (Å²) in [6.07, 6.45) is 0.0167. The molecule has 0 fully saturated rings. The van der Waals surface area contributed by atoms with Crippen molar-refractivity contribution in [3.63, 3.8) is 0 Å². The lowest BCUT2D eigenvalue weighted by Gasteiger charge is -2.17. The van der Waals surface area contributed by atoms with Gasteiger partial charge in [0.15, 0.2) is 11.5 Å². The first kappa shape index (κ1) is 26.6. The van der Waals surface area contributed by atoms with Gasteiger partial charge in [-0.2, -0.15) is 0 Å². The first-order valence-corrected chi connectivity index (χ1v) is 12.2. The standard InChI is InChI=1S/C24H34N2O6S/c1-16-13-17(2)24(18(3)14-16)33(28,29)25-10-9-23(27)26-19(4)20-7-8-21(22(15-20)31-6)32-12-11-30-5/h7-8,13-15,19,25H,9-12H2,1-6H3,(H,26,27). The molecule has 8 nitrogen and oxygen atoms in total. The predicted molar refractivity (Wildman–Crippen MR) is 127 cm³/mol. The maximum absolute atomic E-state index is 12.7. The summed E-state index contributed by atoms with van der Waals surface area (Å²) in [5.74, 6) is 0.885. The Labute approximate surface area is 196 Å². The zero-order valence-corrected chi connectivity index (χ0v) is 21.0. The number of carbonyl (C=O) groups excluding carboxylic acids is 1. The third-order valence-electron chi connectivity index (χ3n) is 5.13. The Bertz CT molecular complexity index is 1050. The Kier molecular flexibility index (Phi) is 9.70. The number of aryl methyl sites for hydroxylation is 3. The minimum absolute atomic E-state index is 0.00322. The molecule has 0 heterocycles. The first-order chi connectivity index (χ1) is 15.6. The second kappa shape index (κ2) is 12.0. The van der Waals surface area contributed by atoms with E-state index in [-0.39, 0.29) is 29.8 Å². The van der Waals surface area contributed by atoms with Crippen LogP contribution < -0.4 is 19.5 Å². The maximum Gasteiger partial charge on any atom is 0.241 e. The van der Waals surface area contributed by atoms with E-state index in [1.54, 1.807) is 40.2 Å². The smallest absolute Gasteiger partial charge is 0.241 e. The number of hydrogen-bond donors (Lipinski definition) is 2. The number of ether oxygens (including phenoxy) is 3. The number of methoxy groups -OCH3 is 2. The van der Waals surface area contributed by atoms with Crippen LogP contribution in [0.15, 0.2) is 35.2 Å². The third kappa shape index (κ3) is 7.45. The molecular weight excluding hydrogens is 444 g/mol. The van der Waals surface area contributed by atoms with E-state index in [0.717, 1.165) is 11.1 Å². The Morgan fingerprint density at radius 1 is 1.00 bits per heavy atom. The number of carbonyl (C=O) groups is 1. The van der Waals surface area contributed by atoms with Gasteiger partial charge in [-0.05, 0) is 56.5 Å². The Morgan fingerprint density at radius 3 is 2.27 bits per heavy atom. The molecule has 0 aliphatic heterocycles. The van der Waals surface area contributed by atoms with E-state index >= 15 is 0 Å². The quantitative estimate of drug-likeness (QED) is 0.454. The van der Waals surface area contributed by atoms with Crippen LogP contribution in [0.2, 0.25) is 0 Å². The second-order valence-electron chi connectivity index (χ2n) is 7.92. The second-order valence-corrected chi connectivity index (χ2v) is 9.62. The molecule has 182 valence electrons. The molecular formula is C24H34N2O6S. The fourth-order valence-corrected chi connectivity index (χ4v) is 5.15. The zero-order chi connectivity index (χ0) is 24.6. The van der Waals surface area contributed by atoms with Gasteiger partial charge in [0, 0.05) is 20.1 Å². The fourth-order valence-electron chi connectivity index (χ4n) is 3.67. The van der Waals surface area contributed by atoms with E-state index in [1.165, 1.54) is 0 Å². The number of amides is 1. The van der Waals surface area contributed by atoms with Crippen molar-refractivity contribution in [1.29, 1.82) is 0 Å². The van der Waals surface area contributed by atoms with Crippen molar-refractivity contribution < 1.29 is 27.4 Å². The minimum atomic E-state index is -3.71. The van der Waals surface area contributed by atoms with Crippen LogP contribution in [0.4, 0.5) is 0 Å². The van der Waals surface area contributed by atoms with E-state index in [9.17, 15) is 13.2 Å². The van der Waals surface area contributed by atoms with Crippen LogP contribution in [-0.4, -0.2) is 48.3 Å². The van der Waals surface area contributed by atoms with Crippen molar-refractivity contribution in [2.45, 2.75) is 45.1 Å². The highest BCUT2D eigenvalue weighted by atomic mass is 32.2. The van der Waals surface area contributed by atoms with E-state index in [1.807, 2.05) is 32.0 Å². The summed E-state index contributed by atoms with van der Waals surface area (Å²) in [4.78, 5) is 12.7. The molecule has 2 rings (SSSR count). The molecule has 1 unspecified atom stereocenters. The van der Waals surface area contributed by atoms with Gasteiger partial charge in [0.1, 0.15) is 6.61 Å². The highest BCUT2D eigenvalue weighted by Gasteiger charge is 2.20. The molecule has 0 spiro atoms. The van der Waals surface area contributed by atoms with Gasteiger partial charge in [0.2, 0.25) is 15.9 Å². The van der Waals surface area contributed by atoms with Crippen molar-refractivity contribution in [3.05, 3.63) is 52.6 Å². The third-order valence-corrected chi connectivity index (χ3v) is 6.89.